The van der Waals surface area contributed by atoms with Gasteiger partial charge in [0, 0.05) is 40.2 Å². The second kappa shape index (κ2) is 8.37. The third kappa shape index (κ3) is 3.12. The van der Waals surface area contributed by atoms with Crippen molar-refractivity contribution in [3.05, 3.63) is 103 Å². The zero-order valence-corrected chi connectivity index (χ0v) is 22.2. The second-order valence-corrected chi connectivity index (χ2v) is 12.2. The molecular weight excluding hydrogens is 490 g/mol. The van der Waals surface area contributed by atoms with Gasteiger partial charge < -0.3 is 0 Å². The summed E-state index contributed by atoms with van der Waals surface area (Å²) in [5.74, 6) is 5.06. The molecule has 0 radical (unpaired) electrons. The number of pyridine rings is 2. The maximum atomic E-state index is 5.31. The van der Waals surface area contributed by atoms with Crippen LogP contribution >= 0.6 is 0 Å². The molecule has 1 spiro atoms. The van der Waals surface area contributed by atoms with E-state index in [1.165, 1.54) is 54.6 Å². The Bertz CT molecular complexity index is 1680. The number of nitrogens with zero attached hydrogens (tertiary/aromatic N) is 5. The van der Waals surface area contributed by atoms with Crippen molar-refractivity contribution < 1.29 is 0 Å². The van der Waals surface area contributed by atoms with Gasteiger partial charge in [-0.3, -0.25) is 9.97 Å². The van der Waals surface area contributed by atoms with Crippen molar-refractivity contribution in [2.24, 2.45) is 23.7 Å². The Labute approximate surface area is 233 Å². The van der Waals surface area contributed by atoms with E-state index >= 15 is 0 Å². The van der Waals surface area contributed by atoms with Gasteiger partial charge in [0.25, 0.3) is 0 Å². The number of fused-ring (bicyclic) bond motifs is 3. The monoisotopic (exact) mass is 519 g/mol. The molecule has 3 heterocycles. The summed E-state index contributed by atoms with van der Waals surface area (Å²) in [6, 6.07) is 26.9. The predicted octanol–water partition coefficient (Wildman–Crippen LogP) is 7.39. The minimum Gasteiger partial charge on any atom is -0.260 e. The Morgan fingerprint density at radius 3 is 1.68 bits per heavy atom. The maximum Gasteiger partial charge on any atom is 0.165 e. The van der Waals surface area contributed by atoms with Gasteiger partial charge in [-0.15, -0.1) is 0 Å². The summed E-state index contributed by atoms with van der Waals surface area (Å²) in [6.07, 6.45) is 10.7. The molecule has 0 unspecified atom stereocenters. The van der Waals surface area contributed by atoms with Gasteiger partial charge in [0.05, 0.1) is 16.8 Å². The summed E-state index contributed by atoms with van der Waals surface area (Å²) >= 11 is 0. The fourth-order valence-electron chi connectivity index (χ4n) is 8.83. The molecule has 0 atom stereocenters. The molecule has 4 bridgehead atoms. The van der Waals surface area contributed by atoms with Crippen LogP contribution in [-0.2, 0) is 5.41 Å². The highest BCUT2D eigenvalue weighted by Crippen LogP contribution is 2.68. The van der Waals surface area contributed by atoms with Gasteiger partial charge in [-0.25, -0.2) is 15.0 Å². The van der Waals surface area contributed by atoms with Gasteiger partial charge in [-0.1, -0.05) is 66.7 Å². The van der Waals surface area contributed by atoms with Crippen molar-refractivity contribution >= 4 is 0 Å². The first-order chi connectivity index (χ1) is 19.8. The van der Waals surface area contributed by atoms with Crippen LogP contribution in [0.4, 0.5) is 0 Å². The summed E-state index contributed by atoms with van der Waals surface area (Å²) < 4.78 is 0. The molecule has 0 aliphatic heterocycles. The highest BCUT2D eigenvalue weighted by molar-refractivity contribution is 5.82. The Morgan fingerprint density at radius 2 is 1.07 bits per heavy atom. The lowest BCUT2D eigenvalue weighted by molar-refractivity contribution is -0.0432. The Morgan fingerprint density at radius 1 is 0.525 bits per heavy atom. The molecule has 0 saturated heterocycles. The summed E-state index contributed by atoms with van der Waals surface area (Å²) in [5.41, 5.74) is 7.82. The van der Waals surface area contributed by atoms with Crippen molar-refractivity contribution in [3.8, 4) is 45.3 Å². The molecule has 5 aromatic rings. The molecule has 3 aromatic heterocycles. The van der Waals surface area contributed by atoms with Crippen LogP contribution in [-0.4, -0.2) is 24.9 Å². The summed E-state index contributed by atoms with van der Waals surface area (Å²) in [6.45, 7) is 0. The molecule has 5 aliphatic rings. The van der Waals surface area contributed by atoms with Crippen molar-refractivity contribution in [2.45, 2.75) is 37.5 Å². The zero-order chi connectivity index (χ0) is 26.3. The van der Waals surface area contributed by atoms with E-state index in [9.17, 15) is 0 Å². The average Bonchev–Trinajstić information content (AvgIpc) is 3.30. The van der Waals surface area contributed by atoms with Crippen molar-refractivity contribution in [1.82, 2.24) is 24.9 Å². The van der Waals surface area contributed by atoms with E-state index in [4.69, 9.17) is 24.9 Å². The average molecular weight is 520 g/mol. The SMILES string of the molecule is c1ccc(-c2nc(-c3ccccc3)nc(-c3cnc4c(c3)-c3cccnc3C43C4CC5CC(C4)CC3C5)n2)cc1. The number of aromatic nitrogens is 5. The molecule has 40 heavy (non-hydrogen) atoms. The number of hydrogen-bond donors (Lipinski definition) is 0. The van der Waals surface area contributed by atoms with Crippen LogP contribution in [0.1, 0.15) is 43.5 Å². The van der Waals surface area contributed by atoms with E-state index in [0.717, 1.165) is 28.5 Å². The Kier molecular flexibility index (Phi) is 4.72. The van der Waals surface area contributed by atoms with Crippen LogP contribution in [0.5, 0.6) is 0 Å². The lowest BCUT2D eigenvalue weighted by Gasteiger charge is -2.59. The van der Waals surface area contributed by atoms with Crippen LogP contribution < -0.4 is 0 Å². The molecule has 10 rings (SSSR count). The Balaban J connectivity index is 1.23. The van der Waals surface area contributed by atoms with Crippen LogP contribution in [0.3, 0.4) is 0 Å². The molecule has 5 aliphatic carbocycles. The van der Waals surface area contributed by atoms with E-state index in [1.807, 2.05) is 73.1 Å². The van der Waals surface area contributed by atoms with E-state index in [1.54, 1.807) is 0 Å². The number of rotatable bonds is 3. The van der Waals surface area contributed by atoms with Gasteiger partial charge in [0.1, 0.15) is 0 Å². The van der Waals surface area contributed by atoms with Gasteiger partial charge in [0.15, 0.2) is 17.5 Å². The zero-order valence-electron chi connectivity index (χ0n) is 22.2. The molecule has 2 aromatic carbocycles. The van der Waals surface area contributed by atoms with E-state index < -0.39 is 0 Å². The minimum atomic E-state index is -0.0403. The predicted molar refractivity (Wildman–Crippen MR) is 155 cm³/mol. The molecule has 5 heteroatoms. The third-order valence-electron chi connectivity index (χ3n) is 10.2. The van der Waals surface area contributed by atoms with E-state index in [2.05, 4.69) is 18.2 Å². The topological polar surface area (TPSA) is 64.5 Å². The van der Waals surface area contributed by atoms with Crippen LogP contribution in [0, 0.1) is 23.7 Å². The summed E-state index contributed by atoms with van der Waals surface area (Å²) in [5, 5.41) is 0. The highest BCUT2D eigenvalue weighted by atomic mass is 15.0. The standard InChI is InChI=1S/C35H29N5/c1-3-8-23(9-4-1)32-38-33(24-10-5-2-6-11-24)40-34(39-32)25-19-29-28-12-7-13-36-30(28)35(31(29)37-20-25)26-15-21-14-22(17-26)18-27(35)16-21/h1-13,19-22,26-27H,14-18H2. The van der Waals surface area contributed by atoms with Gasteiger partial charge in [-0.2, -0.15) is 0 Å². The summed E-state index contributed by atoms with van der Waals surface area (Å²) in [4.78, 5) is 25.2. The van der Waals surface area contributed by atoms with Crippen molar-refractivity contribution in [1.29, 1.82) is 0 Å². The fourth-order valence-corrected chi connectivity index (χ4v) is 8.83. The second-order valence-electron chi connectivity index (χ2n) is 12.2. The lowest BCUT2D eigenvalue weighted by atomic mass is 9.44. The molecule has 194 valence electrons. The molecular formula is C35H29N5. The maximum absolute atomic E-state index is 5.31. The first-order valence-corrected chi connectivity index (χ1v) is 14.6. The van der Waals surface area contributed by atoms with Crippen LogP contribution in [0.15, 0.2) is 91.3 Å². The summed E-state index contributed by atoms with van der Waals surface area (Å²) in [7, 11) is 0. The first kappa shape index (κ1) is 22.6. The number of benzene rings is 2. The van der Waals surface area contributed by atoms with Gasteiger partial charge >= 0.3 is 0 Å². The van der Waals surface area contributed by atoms with Gasteiger partial charge in [0.2, 0.25) is 0 Å². The van der Waals surface area contributed by atoms with Crippen LogP contribution in [0.2, 0.25) is 0 Å². The molecule has 0 N–H and O–H groups in total. The third-order valence-corrected chi connectivity index (χ3v) is 10.2. The fraction of sp³-hybridized carbons (Fsp3) is 0.286. The molecule has 5 nitrogen and oxygen atoms in total. The minimum absolute atomic E-state index is 0.0403. The first-order valence-electron chi connectivity index (χ1n) is 14.6. The van der Waals surface area contributed by atoms with E-state index in [-0.39, 0.29) is 5.41 Å². The normalized spacial score (nSPS) is 27.1. The molecule has 4 saturated carbocycles. The van der Waals surface area contributed by atoms with E-state index in [0.29, 0.717) is 29.3 Å². The lowest BCUT2D eigenvalue weighted by Crippen LogP contribution is -2.55. The van der Waals surface area contributed by atoms with Gasteiger partial charge in [-0.05, 0) is 67.9 Å². The highest BCUT2D eigenvalue weighted by Gasteiger charge is 2.63. The Hall–Kier alpha value is -4.25. The quantitative estimate of drug-likeness (QED) is 0.249. The largest absolute Gasteiger partial charge is 0.260 e. The molecule has 0 amide bonds. The van der Waals surface area contributed by atoms with Crippen molar-refractivity contribution in [3.63, 3.8) is 0 Å². The number of hydrogen-bond acceptors (Lipinski definition) is 5. The molecule has 4 fully saturated rings. The smallest absolute Gasteiger partial charge is 0.165 e. The van der Waals surface area contributed by atoms with Crippen LogP contribution in [0.25, 0.3) is 45.3 Å². The van der Waals surface area contributed by atoms with Crippen molar-refractivity contribution in [2.75, 3.05) is 0 Å².